The van der Waals surface area contributed by atoms with Gasteiger partial charge in [-0.3, -0.25) is 4.79 Å². The fourth-order valence-electron chi connectivity index (χ4n) is 2.85. The molecule has 126 valence electrons. The molecule has 0 spiro atoms. The van der Waals surface area contributed by atoms with Crippen LogP contribution in [-0.2, 0) is 6.54 Å². The Kier molecular flexibility index (Phi) is 5.45. The maximum Gasteiger partial charge on any atom is 0.252 e. The highest BCUT2D eigenvalue weighted by atomic mass is 79.9. The molecule has 1 aromatic heterocycles. The number of carbonyl (C=O) groups excluding carboxylic acids is 1. The van der Waals surface area contributed by atoms with E-state index < -0.39 is 0 Å². The van der Waals surface area contributed by atoms with Gasteiger partial charge < -0.3 is 10.2 Å². The third-order valence-electron chi connectivity index (χ3n) is 4.08. The van der Waals surface area contributed by atoms with Gasteiger partial charge in [-0.2, -0.15) is 0 Å². The molecule has 0 unspecified atom stereocenters. The summed E-state index contributed by atoms with van der Waals surface area (Å²) in [5.41, 5.74) is 2.39. The van der Waals surface area contributed by atoms with Gasteiger partial charge in [0.2, 0.25) is 5.95 Å². The van der Waals surface area contributed by atoms with Crippen molar-refractivity contribution in [2.75, 3.05) is 18.0 Å². The van der Waals surface area contributed by atoms with Crippen LogP contribution in [0, 0.1) is 6.92 Å². The van der Waals surface area contributed by atoms with E-state index in [0.717, 1.165) is 34.9 Å². The summed E-state index contributed by atoms with van der Waals surface area (Å²) >= 11 is 3.41. The van der Waals surface area contributed by atoms with Crippen LogP contribution >= 0.6 is 15.9 Å². The van der Waals surface area contributed by atoms with Crippen LogP contribution < -0.4 is 10.2 Å². The Hall–Kier alpha value is -1.95. The van der Waals surface area contributed by atoms with E-state index in [-0.39, 0.29) is 5.91 Å². The van der Waals surface area contributed by atoms with Crippen LogP contribution in [-0.4, -0.2) is 29.0 Å². The molecule has 24 heavy (non-hydrogen) atoms. The predicted octanol–water partition coefficient (Wildman–Crippen LogP) is 3.47. The third-order valence-corrected chi connectivity index (χ3v) is 4.77. The lowest BCUT2D eigenvalue weighted by atomic mass is 10.1. The van der Waals surface area contributed by atoms with Crippen molar-refractivity contribution in [3.8, 4) is 0 Å². The zero-order valence-corrected chi connectivity index (χ0v) is 15.3. The molecule has 1 aliphatic rings. The van der Waals surface area contributed by atoms with E-state index in [9.17, 15) is 4.79 Å². The van der Waals surface area contributed by atoms with Gasteiger partial charge in [0.25, 0.3) is 5.91 Å². The molecule has 5 nitrogen and oxygen atoms in total. The quantitative estimate of drug-likeness (QED) is 0.870. The molecule has 1 fully saturated rings. The average molecular weight is 389 g/mol. The number of rotatable bonds is 4. The summed E-state index contributed by atoms with van der Waals surface area (Å²) in [6, 6.07) is 9.32. The Balaban J connectivity index is 1.70. The van der Waals surface area contributed by atoms with Crippen LogP contribution in [0.25, 0.3) is 0 Å². The van der Waals surface area contributed by atoms with Gasteiger partial charge >= 0.3 is 0 Å². The zero-order chi connectivity index (χ0) is 16.9. The number of amides is 1. The molecule has 0 saturated carbocycles. The number of aryl methyl sites for hydroxylation is 1. The number of aromatic nitrogens is 2. The molecule has 1 N–H and O–H groups in total. The summed E-state index contributed by atoms with van der Waals surface area (Å²) in [5.74, 6) is 0.665. The summed E-state index contributed by atoms with van der Waals surface area (Å²) < 4.78 is 0.787. The van der Waals surface area contributed by atoms with Crippen molar-refractivity contribution >= 4 is 27.8 Å². The minimum absolute atomic E-state index is 0.113. The summed E-state index contributed by atoms with van der Waals surface area (Å²) in [4.78, 5) is 23.7. The SMILES string of the molecule is Cc1cc(CNC(=O)c2ccccc2Br)nc(N2CCCCC2)n1. The van der Waals surface area contributed by atoms with E-state index in [1.54, 1.807) is 6.07 Å². The second-order valence-electron chi connectivity index (χ2n) is 6.01. The van der Waals surface area contributed by atoms with Crippen LogP contribution in [0.15, 0.2) is 34.8 Å². The number of hydrogen-bond donors (Lipinski definition) is 1. The molecule has 0 aliphatic carbocycles. The highest BCUT2D eigenvalue weighted by Gasteiger charge is 2.15. The Bertz CT molecular complexity index is 729. The van der Waals surface area contributed by atoms with Crippen molar-refractivity contribution in [1.82, 2.24) is 15.3 Å². The first-order chi connectivity index (χ1) is 11.6. The number of nitrogens with one attached hydrogen (secondary N) is 1. The van der Waals surface area contributed by atoms with Crippen LogP contribution in [0.1, 0.15) is 41.0 Å². The minimum Gasteiger partial charge on any atom is -0.346 e. The second kappa shape index (κ2) is 7.75. The molecule has 1 amide bonds. The first kappa shape index (κ1) is 16.9. The van der Waals surface area contributed by atoms with Gasteiger partial charge in [0, 0.05) is 23.3 Å². The van der Waals surface area contributed by atoms with Gasteiger partial charge in [-0.15, -0.1) is 0 Å². The van der Waals surface area contributed by atoms with Crippen molar-refractivity contribution in [2.24, 2.45) is 0 Å². The normalized spacial score (nSPS) is 14.5. The number of carbonyl (C=O) groups is 1. The van der Waals surface area contributed by atoms with E-state index in [1.807, 2.05) is 31.2 Å². The van der Waals surface area contributed by atoms with Crippen LogP contribution in [0.4, 0.5) is 5.95 Å². The first-order valence-electron chi connectivity index (χ1n) is 8.26. The van der Waals surface area contributed by atoms with Crippen LogP contribution in [0.2, 0.25) is 0 Å². The molecule has 0 bridgehead atoms. The Morgan fingerprint density at radius 2 is 1.96 bits per heavy atom. The number of hydrogen-bond acceptors (Lipinski definition) is 4. The van der Waals surface area contributed by atoms with Gasteiger partial charge in [0.05, 0.1) is 17.8 Å². The molecule has 3 rings (SSSR count). The highest BCUT2D eigenvalue weighted by Crippen LogP contribution is 2.18. The van der Waals surface area contributed by atoms with Gasteiger partial charge in [0.15, 0.2) is 0 Å². The lowest BCUT2D eigenvalue weighted by molar-refractivity contribution is 0.0949. The largest absolute Gasteiger partial charge is 0.346 e. The summed E-state index contributed by atoms with van der Waals surface area (Å²) in [5, 5.41) is 2.94. The Labute approximate surface area is 150 Å². The topological polar surface area (TPSA) is 58.1 Å². The average Bonchev–Trinajstić information content (AvgIpc) is 2.60. The standard InChI is InChI=1S/C18H21BrN4O/c1-13-11-14(22-18(21-13)23-9-5-2-6-10-23)12-20-17(24)15-7-3-4-8-16(15)19/h3-4,7-8,11H,2,5-6,9-10,12H2,1H3,(H,20,24). The maximum atomic E-state index is 12.3. The van der Waals surface area contributed by atoms with E-state index >= 15 is 0 Å². The number of anilines is 1. The van der Waals surface area contributed by atoms with E-state index in [4.69, 9.17) is 0 Å². The number of halogens is 1. The second-order valence-corrected chi connectivity index (χ2v) is 6.87. The summed E-state index contributed by atoms with van der Waals surface area (Å²) in [7, 11) is 0. The molecular formula is C18H21BrN4O. The Morgan fingerprint density at radius 1 is 1.21 bits per heavy atom. The van der Waals surface area contributed by atoms with Gasteiger partial charge in [-0.1, -0.05) is 12.1 Å². The Morgan fingerprint density at radius 3 is 2.71 bits per heavy atom. The summed E-state index contributed by atoms with van der Waals surface area (Å²) in [6.45, 7) is 4.37. The molecule has 1 aliphatic heterocycles. The van der Waals surface area contributed by atoms with Gasteiger partial charge in [-0.25, -0.2) is 9.97 Å². The van der Waals surface area contributed by atoms with Crippen molar-refractivity contribution < 1.29 is 4.79 Å². The van der Waals surface area contributed by atoms with Crippen molar-refractivity contribution in [1.29, 1.82) is 0 Å². The van der Waals surface area contributed by atoms with Gasteiger partial charge in [0.1, 0.15) is 0 Å². The smallest absolute Gasteiger partial charge is 0.252 e. The first-order valence-corrected chi connectivity index (χ1v) is 9.05. The number of piperidine rings is 1. The van der Waals surface area contributed by atoms with Crippen molar-refractivity contribution in [3.05, 3.63) is 51.8 Å². The molecule has 6 heteroatoms. The van der Waals surface area contributed by atoms with Crippen LogP contribution in [0.3, 0.4) is 0 Å². The van der Waals surface area contributed by atoms with Crippen LogP contribution in [0.5, 0.6) is 0 Å². The molecule has 0 atom stereocenters. The predicted molar refractivity (Wildman–Crippen MR) is 98.1 cm³/mol. The van der Waals surface area contributed by atoms with E-state index in [2.05, 4.69) is 36.1 Å². The number of nitrogens with zero attached hydrogens (tertiary/aromatic N) is 3. The minimum atomic E-state index is -0.113. The lowest BCUT2D eigenvalue weighted by Gasteiger charge is -2.27. The molecule has 1 saturated heterocycles. The van der Waals surface area contributed by atoms with Crippen molar-refractivity contribution in [2.45, 2.75) is 32.7 Å². The zero-order valence-electron chi connectivity index (χ0n) is 13.8. The van der Waals surface area contributed by atoms with Gasteiger partial charge in [-0.05, 0) is 60.3 Å². The molecule has 2 heterocycles. The molecule has 1 aromatic carbocycles. The fourth-order valence-corrected chi connectivity index (χ4v) is 3.32. The summed E-state index contributed by atoms with van der Waals surface area (Å²) in [6.07, 6.45) is 3.65. The molecular weight excluding hydrogens is 368 g/mol. The lowest BCUT2D eigenvalue weighted by Crippen LogP contribution is -2.32. The molecule has 0 radical (unpaired) electrons. The maximum absolute atomic E-state index is 12.3. The monoisotopic (exact) mass is 388 g/mol. The fraction of sp³-hybridized carbons (Fsp3) is 0.389. The van der Waals surface area contributed by atoms with Crippen molar-refractivity contribution in [3.63, 3.8) is 0 Å². The van der Waals surface area contributed by atoms with E-state index in [0.29, 0.717) is 12.1 Å². The molecule has 2 aromatic rings. The highest BCUT2D eigenvalue weighted by molar-refractivity contribution is 9.10. The third kappa shape index (κ3) is 4.12. The number of benzene rings is 1. The van der Waals surface area contributed by atoms with E-state index in [1.165, 1.54) is 19.3 Å².